The van der Waals surface area contributed by atoms with E-state index in [0.29, 0.717) is 0 Å². The normalized spacial score (nSPS) is 25.7. The van der Waals surface area contributed by atoms with Gasteiger partial charge in [-0.25, -0.2) is 9.78 Å². The standard InChI is InChI=1S/C7H10N4O4/c8-6-9-3-11(7(13)10-6)4-2-14-5(1-12)15-4/h3-5,12H,1-2H2,(H2,8,10,13). The highest BCUT2D eigenvalue weighted by atomic mass is 16.7. The van der Waals surface area contributed by atoms with Crippen LogP contribution in [0.25, 0.3) is 0 Å². The molecule has 1 aliphatic heterocycles. The molecule has 1 fully saturated rings. The first-order valence-electron chi connectivity index (χ1n) is 4.29. The summed E-state index contributed by atoms with van der Waals surface area (Å²) in [7, 11) is 0. The minimum absolute atomic E-state index is 0.0890. The van der Waals surface area contributed by atoms with Gasteiger partial charge in [-0.05, 0) is 0 Å². The van der Waals surface area contributed by atoms with Gasteiger partial charge in [0.25, 0.3) is 0 Å². The molecule has 2 heterocycles. The Morgan fingerprint density at radius 1 is 1.73 bits per heavy atom. The number of anilines is 1. The van der Waals surface area contributed by atoms with Gasteiger partial charge in [0.1, 0.15) is 6.33 Å². The lowest BCUT2D eigenvalue weighted by Crippen LogP contribution is -2.29. The summed E-state index contributed by atoms with van der Waals surface area (Å²) in [6.07, 6.45) is -0.0898. The number of aromatic nitrogens is 3. The van der Waals surface area contributed by atoms with E-state index in [-0.39, 0.29) is 19.2 Å². The average Bonchev–Trinajstić information content (AvgIpc) is 2.66. The molecule has 0 aromatic carbocycles. The molecule has 82 valence electrons. The van der Waals surface area contributed by atoms with Crippen molar-refractivity contribution in [3.8, 4) is 0 Å². The van der Waals surface area contributed by atoms with E-state index >= 15 is 0 Å². The molecule has 1 aromatic heterocycles. The molecule has 8 nitrogen and oxygen atoms in total. The van der Waals surface area contributed by atoms with Crippen LogP contribution in [0.4, 0.5) is 5.95 Å². The smallest absolute Gasteiger partial charge is 0.354 e. The highest BCUT2D eigenvalue weighted by Crippen LogP contribution is 2.18. The largest absolute Gasteiger partial charge is 0.391 e. The fourth-order valence-corrected chi connectivity index (χ4v) is 1.24. The van der Waals surface area contributed by atoms with Crippen LogP contribution in [0, 0.1) is 0 Å². The molecule has 0 radical (unpaired) electrons. The molecule has 0 bridgehead atoms. The summed E-state index contributed by atoms with van der Waals surface area (Å²) >= 11 is 0. The Kier molecular flexibility index (Phi) is 2.62. The SMILES string of the molecule is Nc1ncn(C2COC(CO)O2)c(=O)n1. The average molecular weight is 214 g/mol. The fraction of sp³-hybridized carbons (Fsp3) is 0.571. The van der Waals surface area contributed by atoms with Crippen LogP contribution in [0.3, 0.4) is 0 Å². The Hall–Kier alpha value is -1.51. The van der Waals surface area contributed by atoms with Gasteiger partial charge in [0, 0.05) is 0 Å². The minimum Gasteiger partial charge on any atom is -0.391 e. The molecule has 1 aliphatic rings. The lowest BCUT2D eigenvalue weighted by molar-refractivity contribution is -0.0994. The highest BCUT2D eigenvalue weighted by Gasteiger charge is 2.27. The van der Waals surface area contributed by atoms with Crippen molar-refractivity contribution in [2.24, 2.45) is 0 Å². The van der Waals surface area contributed by atoms with Crippen LogP contribution in [-0.4, -0.2) is 39.1 Å². The zero-order chi connectivity index (χ0) is 10.8. The highest BCUT2D eigenvalue weighted by molar-refractivity contribution is 5.09. The molecule has 0 spiro atoms. The third-order valence-corrected chi connectivity index (χ3v) is 1.94. The van der Waals surface area contributed by atoms with Crippen molar-refractivity contribution in [2.75, 3.05) is 18.9 Å². The number of nitrogens with two attached hydrogens (primary N) is 1. The van der Waals surface area contributed by atoms with Crippen molar-refractivity contribution >= 4 is 5.95 Å². The summed E-state index contributed by atoms with van der Waals surface area (Å²) in [4.78, 5) is 18.5. The molecule has 0 saturated carbocycles. The Morgan fingerprint density at radius 3 is 3.13 bits per heavy atom. The van der Waals surface area contributed by atoms with Gasteiger partial charge < -0.3 is 20.3 Å². The van der Waals surface area contributed by atoms with Crippen LogP contribution in [-0.2, 0) is 9.47 Å². The predicted octanol–water partition coefficient (Wildman–Crippen LogP) is -1.92. The van der Waals surface area contributed by atoms with E-state index in [1.807, 2.05) is 0 Å². The first kappa shape index (κ1) is 10.0. The van der Waals surface area contributed by atoms with Crippen LogP contribution >= 0.6 is 0 Å². The summed E-state index contributed by atoms with van der Waals surface area (Å²) in [5, 5.41) is 8.76. The molecule has 2 unspecified atom stereocenters. The molecule has 0 aliphatic carbocycles. The van der Waals surface area contributed by atoms with Gasteiger partial charge >= 0.3 is 5.69 Å². The van der Waals surface area contributed by atoms with Crippen LogP contribution in [0.5, 0.6) is 0 Å². The zero-order valence-electron chi connectivity index (χ0n) is 7.74. The number of ether oxygens (including phenoxy) is 2. The molecule has 3 N–H and O–H groups in total. The molecule has 8 heteroatoms. The Bertz CT molecular complexity index is 406. The monoisotopic (exact) mass is 214 g/mol. The van der Waals surface area contributed by atoms with E-state index in [1.54, 1.807) is 0 Å². The van der Waals surface area contributed by atoms with E-state index in [9.17, 15) is 4.79 Å². The van der Waals surface area contributed by atoms with Crippen LogP contribution in [0.15, 0.2) is 11.1 Å². The van der Waals surface area contributed by atoms with E-state index in [4.69, 9.17) is 20.3 Å². The summed E-state index contributed by atoms with van der Waals surface area (Å²) in [5.41, 5.74) is 4.67. The van der Waals surface area contributed by atoms with Gasteiger partial charge in [-0.15, -0.1) is 0 Å². The number of aliphatic hydroxyl groups excluding tert-OH is 1. The fourth-order valence-electron chi connectivity index (χ4n) is 1.24. The number of hydrogen-bond donors (Lipinski definition) is 2. The lowest BCUT2D eigenvalue weighted by atomic mass is 10.6. The van der Waals surface area contributed by atoms with Gasteiger partial charge in [-0.3, -0.25) is 4.57 Å². The molecule has 2 atom stereocenters. The maximum Gasteiger partial charge on any atom is 0.354 e. The lowest BCUT2D eigenvalue weighted by Gasteiger charge is -2.10. The number of aliphatic hydroxyl groups is 1. The maximum absolute atomic E-state index is 11.4. The van der Waals surface area contributed by atoms with Crippen molar-refractivity contribution in [3.05, 3.63) is 16.8 Å². The summed E-state index contributed by atoms with van der Waals surface area (Å²) in [6.45, 7) is -0.0977. The van der Waals surface area contributed by atoms with Crippen molar-refractivity contribution in [3.63, 3.8) is 0 Å². The summed E-state index contributed by atoms with van der Waals surface area (Å²) in [5.74, 6) is -0.0890. The molecule has 1 aromatic rings. The van der Waals surface area contributed by atoms with Gasteiger partial charge in [0.15, 0.2) is 12.5 Å². The maximum atomic E-state index is 11.4. The Morgan fingerprint density at radius 2 is 2.53 bits per heavy atom. The topological polar surface area (TPSA) is 112 Å². The third-order valence-electron chi connectivity index (χ3n) is 1.94. The van der Waals surface area contributed by atoms with Gasteiger partial charge in [-0.1, -0.05) is 0 Å². The second-order valence-electron chi connectivity index (χ2n) is 2.94. The molecule has 2 rings (SSSR count). The van der Waals surface area contributed by atoms with Crippen molar-refractivity contribution in [2.45, 2.75) is 12.5 Å². The van der Waals surface area contributed by atoms with Gasteiger partial charge in [0.05, 0.1) is 13.2 Å². The van der Waals surface area contributed by atoms with Crippen molar-refractivity contribution in [1.82, 2.24) is 14.5 Å². The van der Waals surface area contributed by atoms with Crippen LogP contribution in [0.2, 0.25) is 0 Å². The van der Waals surface area contributed by atoms with E-state index in [2.05, 4.69) is 9.97 Å². The summed E-state index contributed by atoms with van der Waals surface area (Å²) < 4.78 is 11.4. The number of nitrogen functional groups attached to an aromatic ring is 1. The van der Waals surface area contributed by atoms with E-state index in [0.717, 1.165) is 4.57 Å². The number of hydrogen-bond acceptors (Lipinski definition) is 7. The van der Waals surface area contributed by atoms with E-state index in [1.165, 1.54) is 6.33 Å². The quantitative estimate of drug-likeness (QED) is 0.590. The van der Waals surface area contributed by atoms with Gasteiger partial charge in [-0.2, -0.15) is 4.98 Å². The van der Waals surface area contributed by atoms with Crippen LogP contribution in [0.1, 0.15) is 6.23 Å². The molecule has 0 amide bonds. The Balaban J connectivity index is 2.20. The van der Waals surface area contributed by atoms with Crippen molar-refractivity contribution < 1.29 is 14.6 Å². The third kappa shape index (κ3) is 1.96. The second-order valence-corrected chi connectivity index (χ2v) is 2.94. The van der Waals surface area contributed by atoms with E-state index < -0.39 is 18.2 Å². The molecule has 1 saturated heterocycles. The number of rotatable bonds is 2. The first-order valence-corrected chi connectivity index (χ1v) is 4.29. The van der Waals surface area contributed by atoms with Crippen molar-refractivity contribution in [1.29, 1.82) is 0 Å². The number of nitrogens with zero attached hydrogens (tertiary/aromatic N) is 3. The summed E-state index contributed by atoms with van der Waals surface area (Å²) in [6, 6.07) is 0. The molecular weight excluding hydrogens is 204 g/mol. The van der Waals surface area contributed by atoms with Crippen LogP contribution < -0.4 is 11.4 Å². The molecular formula is C7H10N4O4. The predicted molar refractivity (Wildman–Crippen MR) is 47.7 cm³/mol. The minimum atomic E-state index is -0.709. The van der Waals surface area contributed by atoms with Gasteiger partial charge in [0.2, 0.25) is 5.95 Å². The second kappa shape index (κ2) is 3.93. The zero-order valence-corrected chi connectivity index (χ0v) is 7.74. The Labute approximate surface area is 84.3 Å². The first-order chi connectivity index (χ1) is 7.20. The molecule has 15 heavy (non-hydrogen) atoms.